The van der Waals surface area contributed by atoms with Gasteiger partial charge >= 0.3 is 0 Å². The molecular formula is C25H29N3O2. The second-order valence-corrected chi connectivity index (χ2v) is 8.23. The van der Waals surface area contributed by atoms with Gasteiger partial charge in [-0.15, -0.1) is 0 Å². The molecule has 2 aromatic carbocycles. The fourth-order valence-corrected chi connectivity index (χ4v) is 4.41. The van der Waals surface area contributed by atoms with Crippen molar-refractivity contribution < 1.29 is 9.59 Å². The van der Waals surface area contributed by atoms with Gasteiger partial charge in [-0.25, -0.2) is 0 Å². The lowest BCUT2D eigenvalue weighted by Crippen LogP contribution is -2.43. The zero-order chi connectivity index (χ0) is 21.1. The molecule has 0 bridgehead atoms. The number of carbonyl (C=O) groups excluding carboxylic acids is 2. The second kappa shape index (κ2) is 8.84. The average molecular weight is 404 g/mol. The van der Waals surface area contributed by atoms with Gasteiger partial charge in [-0.05, 0) is 50.5 Å². The molecule has 156 valence electrons. The standard InChI is InChI=1S/C25H29N3O2/c1-26-16-14-21(15-17-26)27(2)23-22(20-11-7-4-8-12-20)24(29)28(25(23)30)18-13-19-9-5-3-6-10-19/h3-12,21H,13-18H2,1-2H3. The highest BCUT2D eigenvalue weighted by Gasteiger charge is 2.42. The van der Waals surface area contributed by atoms with Gasteiger partial charge < -0.3 is 9.80 Å². The lowest BCUT2D eigenvalue weighted by Gasteiger charge is -2.36. The topological polar surface area (TPSA) is 43.9 Å². The molecule has 0 unspecified atom stereocenters. The van der Waals surface area contributed by atoms with E-state index >= 15 is 0 Å². The van der Waals surface area contributed by atoms with Crippen molar-refractivity contribution >= 4 is 17.4 Å². The van der Waals surface area contributed by atoms with Gasteiger partial charge in [0.15, 0.2) is 0 Å². The zero-order valence-corrected chi connectivity index (χ0v) is 17.8. The molecule has 1 saturated heterocycles. The fraction of sp³-hybridized carbons (Fsp3) is 0.360. The Kier molecular flexibility index (Phi) is 6.00. The smallest absolute Gasteiger partial charge is 0.277 e. The molecule has 30 heavy (non-hydrogen) atoms. The minimum Gasteiger partial charge on any atom is -0.366 e. The first-order valence-electron chi connectivity index (χ1n) is 10.7. The number of hydrogen-bond acceptors (Lipinski definition) is 4. The molecule has 0 N–H and O–H groups in total. The van der Waals surface area contributed by atoms with Crippen molar-refractivity contribution in [3.63, 3.8) is 0 Å². The molecule has 0 atom stereocenters. The van der Waals surface area contributed by atoms with Crippen LogP contribution in [-0.4, -0.2) is 66.3 Å². The van der Waals surface area contributed by atoms with Crippen molar-refractivity contribution in [2.75, 3.05) is 33.7 Å². The summed E-state index contributed by atoms with van der Waals surface area (Å²) in [4.78, 5) is 32.7. The Balaban J connectivity index is 1.63. The predicted octanol–water partition coefficient (Wildman–Crippen LogP) is 3.04. The molecule has 0 spiro atoms. The Morgan fingerprint density at radius 1 is 0.900 bits per heavy atom. The van der Waals surface area contributed by atoms with Crippen LogP contribution in [0.25, 0.3) is 5.57 Å². The maximum absolute atomic E-state index is 13.5. The predicted molar refractivity (Wildman–Crippen MR) is 119 cm³/mol. The van der Waals surface area contributed by atoms with Crippen LogP contribution < -0.4 is 0 Å². The van der Waals surface area contributed by atoms with Crippen molar-refractivity contribution in [2.45, 2.75) is 25.3 Å². The monoisotopic (exact) mass is 403 g/mol. The Morgan fingerprint density at radius 2 is 1.50 bits per heavy atom. The van der Waals surface area contributed by atoms with Crippen LogP contribution in [0.5, 0.6) is 0 Å². The first-order valence-corrected chi connectivity index (χ1v) is 10.7. The molecule has 2 heterocycles. The molecule has 0 aliphatic carbocycles. The van der Waals surface area contributed by atoms with Crippen LogP contribution in [0.2, 0.25) is 0 Å². The van der Waals surface area contributed by atoms with Crippen LogP contribution in [-0.2, 0) is 16.0 Å². The molecule has 0 aromatic heterocycles. The molecule has 0 saturated carbocycles. The van der Waals surface area contributed by atoms with Gasteiger partial charge in [0.2, 0.25) is 0 Å². The van der Waals surface area contributed by atoms with E-state index in [1.807, 2.05) is 67.7 Å². The lowest BCUT2D eigenvalue weighted by atomic mass is 10.0. The summed E-state index contributed by atoms with van der Waals surface area (Å²) in [6.07, 6.45) is 2.64. The maximum atomic E-state index is 13.5. The minimum atomic E-state index is -0.183. The number of hydrogen-bond donors (Lipinski definition) is 0. The number of likely N-dealkylation sites (N-methyl/N-ethyl adjacent to an activating group) is 1. The normalized spacial score (nSPS) is 18.4. The van der Waals surface area contributed by atoms with Gasteiger partial charge in [-0.2, -0.15) is 0 Å². The summed E-state index contributed by atoms with van der Waals surface area (Å²) >= 11 is 0. The fourth-order valence-electron chi connectivity index (χ4n) is 4.41. The first-order chi connectivity index (χ1) is 14.6. The van der Waals surface area contributed by atoms with E-state index in [4.69, 9.17) is 0 Å². The summed E-state index contributed by atoms with van der Waals surface area (Å²) < 4.78 is 0. The third kappa shape index (κ3) is 4.03. The van der Waals surface area contributed by atoms with Crippen molar-refractivity contribution in [1.29, 1.82) is 0 Å². The molecule has 2 amide bonds. The van der Waals surface area contributed by atoms with E-state index in [1.165, 1.54) is 4.90 Å². The van der Waals surface area contributed by atoms with E-state index in [1.54, 1.807) is 0 Å². The third-order valence-corrected chi connectivity index (χ3v) is 6.26. The highest BCUT2D eigenvalue weighted by Crippen LogP contribution is 2.33. The number of carbonyl (C=O) groups is 2. The van der Waals surface area contributed by atoms with Gasteiger partial charge in [-0.1, -0.05) is 60.7 Å². The van der Waals surface area contributed by atoms with Gasteiger partial charge in [0.05, 0.1) is 5.57 Å². The molecular weight excluding hydrogens is 374 g/mol. The molecule has 5 heteroatoms. The lowest BCUT2D eigenvalue weighted by molar-refractivity contribution is -0.137. The Labute approximate surface area is 178 Å². The van der Waals surface area contributed by atoms with Crippen LogP contribution in [0.3, 0.4) is 0 Å². The van der Waals surface area contributed by atoms with E-state index in [0.717, 1.165) is 37.1 Å². The molecule has 2 aliphatic rings. The number of nitrogens with zero attached hydrogens (tertiary/aromatic N) is 3. The van der Waals surface area contributed by atoms with Gasteiger partial charge in [0.25, 0.3) is 11.8 Å². The second-order valence-electron chi connectivity index (χ2n) is 8.23. The number of likely N-dealkylation sites (tertiary alicyclic amines) is 1. The summed E-state index contributed by atoms with van der Waals surface area (Å²) in [6, 6.07) is 19.9. The largest absolute Gasteiger partial charge is 0.366 e. The van der Waals surface area contributed by atoms with E-state index < -0.39 is 0 Å². The molecule has 1 fully saturated rings. The average Bonchev–Trinajstić information content (AvgIpc) is 3.03. The van der Waals surface area contributed by atoms with E-state index in [9.17, 15) is 9.59 Å². The highest BCUT2D eigenvalue weighted by atomic mass is 16.2. The van der Waals surface area contributed by atoms with Crippen molar-refractivity contribution in [2.24, 2.45) is 0 Å². The summed E-state index contributed by atoms with van der Waals surface area (Å²) in [5.74, 6) is -0.354. The highest BCUT2D eigenvalue weighted by molar-refractivity contribution is 6.35. The molecule has 4 rings (SSSR count). The van der Waals surface area contributed by atoms with E-state index in [2.05, 4.69) is 16.8 Å². The Morgan fingerprint density at radius 3 is 2.13 bits per heavy atom. The van der Waals surface area contributed by atoms with Crippen molar-refractivity contribution in [3.8, 4) is 0 Å². The van der Waals surface area contributed by atoms with Gasteiger partial charge in [0, 0.05) is 19.6 Å². The minimum absolute atomic E-state index is 0.170. The van der Waals surface area contributed by atoms with E-state index in [-0.39, 0.29) is 17.9 Å². The number of benzene rings is 2. The van der Waals surface area contributed by atoms with E-state index in [0.29, 0.717) is 24.2 Å². The van der Waals surface area contributed by atoms with Crippen LogP contribution in [0.15, 0.2) is 66.4 Å². The van der Waals surface area contributed by atoms with Crippen LogP contribution in [0.1, 0.15) is 24.0 Å². The first kappa shape index (κ1) is 20.4. The maximum Gasteiger partial charge on any atom is 0.277 e. The number of amides is 2. The summed E-state index contributed by atoms with van der Waals surface area (Å²) in [5, 5.41) is 0. The van der Waals surface area contributed by atoms with Crippen molar-refractivity contribution in [1.82, 2.24) is 14.7 Å². The SMILES string of the molecule is CN1CCC(N(C)C2=C(c3ccccc3)C(=O)N(CCc3ccccc3)C2=O)CC1. The quantitative estimate of drug-likeness (QED) is 0.696. The summed E-state index contributed by atoms with van der Waals surface area (Å²) in [7, 11) is 4.10. The summed E-state index contributed by atoms with van der Waals surface area (Å²) in [6.45, 7) is 2.40. The zero-order valence-electron chi connectivity index (χ0n) is 17.8. The van der Waals surface area contributed by atoms with Gasteiger partial charge in [-0.3, -0.25) is 14.5 Å². The van der Waals surface area contributed by atoms with Crippen LogP contribution in [0.4, 0.5) is 0 Å². The molecule has 0 radical (unpaired) electrons. The molecule has 2 aromatic rings. The third-order valence-electron chi connectivity index (χ3n) is 6.26. The number of imide groups is 1. The van der Waals surface area contributed by atoms with Crippen molar-refractivity contribution in [3.05, 3.63) is 77.5 Å². The van der Waals surface area contributed by atoms with Gasteiger partial charge in [0.1, 0.15) is 5.70 Å². The van der Waals surface area contributed by atoms with Crippen LogP contribution in [0, 0.1) is 0 Å². The van der Waals surface area contributed by atoms with Crippen LogP contribution >= 0.6 is 0 Å². The molecule has 5 nitrogen and oxygen atoms in total. The Hall–Kier alpha value is -2.92. The Bertz CT molecular complexity index is 931. The number of rotatable bonds is 6. The summed E-state index contributed by atoms with van der Waals surface area (Å²) in [5.41, 5.74) is 3.02. The molecule has 2 aliphatic heterocycles. The number of piperidine rings is 1.